The van der Waals surface area contributed by atoms with Crippen LogP contribution in [0.1, 0.15) is 46.9 Å². The van der Waals surface area contributed by atoms with Crippen molar-refractivity contribution in [2.75, 3.05) is 24.8 Å². The van der Waals surface area contributed by atoms with E-state index < -0.39 is 28.9 Å². The van der Waals surface area contributed by atoms with Crippen molar-refractivity contribution in [2.45, 2.75) is 25.3 Å². The van der Waals surface area contributed by atoms with Crippen molar-refractivity contribution in [2.24, 2.45) is 0 Å². The summed E-state index contributed by atoms with van der Waals surface area (Å²) in [5, 5.41) is 12.4. The van der Waals surface area contributed by atoms with Gasteiger partial charge in [-0.3, -0.25) is 19.3 Å². The molecule has 0 spiro atoms. The number of benzene rings is 2. The standard InChI is InChI=1S/C25H24FN3O4/c26-19-11-7-10-18-21(17-8-3-1-4-9-17)29-16-27(13-5-2-6-15-33-24(18)19)25(32)22-23(31)20(30)12-14-28(22)29/h1,3-4,7-12,14,21,31H,2,5-6,13,15-16H2/t21-/m0/s1. The highest BCUT2D eigenvalue weighted by molar-refractivity contribution is 5.96. The van der Waals surface area contributed by atoms with E-state index in [2.05, 4.69) is 0 Å². The molecule has 2 aliphatic heterocycles. The fourth-order valence-electron chi connectivity index (χ4n) is 4.56. The van der Waals surface area contributed by atoms with Gasteiger partial charge in [-0.15, -0.1) is 0 Å². The van der Waals surface area contributed by atoms with Crippen LogP contribution in [0.15, 0.2) is 65.6 Å². The predicted octanol–water partition coefficient (Wildman–Crippen LogP) is 3.40. The number of para-hydroxylation sites is 1. The first kappa shape index (κ1) is 21.1. The van der Waals surface area contributed by atoms with Gasteiger partial charge in [0.2, 0.25) is 5.43 Å². The Kier molecular flexibility index (Phi) is 5.50. The lowest BCUT2D eigenvalue weighted by Gasteiger charge is -2.44. The molecular formula is C25H24FN3O4. The van der Waals surface area contributed by atoms with Crippen molar-refractivity contribution in [3.63, 3.8) is 0 Å². The minimum Gasteiger partial charge on any atom is -0.502 e. The number of carbonyl (C=O) groups excluding carboxylic acids is 1. The Hall–Kier alpha value is -3.81. The summed E-state index contributed by atoms with van der Waals surface area (Å²) in [6, 6.07) is 15.0. The van der Waals surface area contributed by atoms with Gasteiger partial charge >= 0.3 is 0 Å². The number of hydrogen-bond donors (Lipinski definition) is 1. The van der Waals surface area contributed by atoms with Gasteiger partial charge in [0.15, 0.2) is 23.0 Å². The van der Waals surface area contributed by atoms with Crippen molar-refractivity contribution < 1.29 is 19.0 Å². The molecule has 1 amide bonds. The van der Waals surface area contributed by atoms with E-state index in [4.69, 9.17) is 4.74 Å². The van der Waals surface area contributed by atoms with Crippen LogP contribution in [0.25, 0.3) is 0 Å². The third kappa shape index (κ3) is 3.71. The Morgan fingerprint density at radius 2 is 1.79 bits per heavy atom. The smallest absolute Gasteiger partial charge is 0.277 e. The number of ether oxygens (including phenoxy) is 1. The van der Waals surface area contributed by atoms with Gasteiger partial charge in [0.1, 0.15) is 12.7 Å². The minimum absolute atomic E-state index is 0.0920. The first-order valence-electron chi connectivity index (χ1n) is 11.0. The van der Waals surface area contributed by atoms with Gasteiger partial charge in [0.05, 0.1) is 6.61 Å². The predicted molar refractivity (Wildman–Crippen MR) is 121 cm³/mol. The van der Waals surface area contributed by atoms with Crippen LogP contribution in [-0.4, -0.2) is 40.4 Å². The molecular weight excluding hydrogens is 425 g/mol. The number of aromatic nitrogens is 1. The zero-order valence-corrected chi connectivity index (χ0v) is 18.0. The highest BCUT2D eigenvalue weighted by Gasteiger charge is 2.37. The minimum atomic E-state index is -0.622. The molecule has 1 atom stereocenters. The SMILES string of the molecule is O=C1c2c(O)c(=O)ccn2N2CN1CCCCCOc1c(F)cccc1[C@@H]2c1ccccc1. The van der Waals surface area contributed by atoms with E-state index in [1.807, 2.05) is 41.4 Å². The molecule has 2 bridgehead atoms. The molecule has 7 nitrogen and oxygen atoms in total. The van der Waals surface area contributed by atoms with Gasteiger partial charge in [-0.1, -0.05) is 42.5 Å². The summed E-state index contributed by atoms with van der Waals surface area (Å²) in [7, 11) is 0. The molecule has 33 heavy (non-hydrogen) atoms. The van der Waals surface area contributed by atoms with Crippen molar-refractivity contribution in [3.8, 4) is 11.5 Å². The number of rotatable bonds is 1. The van der Waals surface area contributed by atoms with E-state index in [9.17, 15) is 19.1 Å². The summed E-state index contributed by atoms with van der Waals surface area (Å²) >= 11 is 0. The number of amides is 1. The lowest BCUT2D eigenvalue weighted by Crippen LogP contribution is -2.55. The molecule has 2 aromatic carbocycles. The van der Waals surface area contributed by atoms with E-state index in [0.29, 0.717) is 18.7 Å². The monoisotopic (exact) mass is 449 g/mol. The summed E-state index contributed by atoms with van der Waals surface area (Å²) in [4.78, 5) is 27.1. The van der Waals surface area contributed by atoms with Crippen molar-refractivity contribution in [3.05, 3.63) is 93.7 Å². The fraction of sp³-hybridized carbons (Fsp3) is 0.280. The molecule has 3 heterocycles. The zero-order valence-electron chi connectivity index (χ0n) is 18.0. The quantitative estimate of drug-likeness (QED) is 0.617. The van der Waals surface area contributed by atoms with Gasteiger partial charge in [-0.25, -0.2) is 4.39 Å². The van der Waals surface area contributed by atoms with E-state index in [1.54, 1.807) is 11.0 Å². The molecule has 170 valence electrons. The van der Waals surface area contributed by atoms with E-state index >= 15 is 0 Å². The molecule has 0 aliphatic carbocycles. The van der Waals surface area contributed by atoms with Crippen LogP contribution in [0.3, 0.4) is 0 Å². The average Bonchev–Trinajstić information content (AvgIpc) is 2.81. The highest BCUT2D eigenvalue weighted by atomic mass is 19.1. The molecule has 1 aromatic heterocycles. The van der Waals surface area contributed by atoms with E-state index in [-0.39, 0.29) is 18.1 Å². The summed E-state index contributed by atoms with van der Waals surface area (Å²) in [6.45, 7) is 1.03. The molecule has 0 unspecified atom stereocenters. The third-order valence-corrected chi connectivity index (χ3v) is 6.16. The number of nitrogens with zero attached hydrogens (tertiary/aromatic N) is 3. The van der Waals surface area contributed by atoms with Gasteiger partial charge in [-0.05, 0) is 30.9 Å². The van der Waals surface area contributed by atoms with E-state index in [1.165, 1.54) is 23.0 Å². The van der Waals surface area contributed by atoms with Gasteiger partial charge < -0.3 is 14.7 Å². The molecule has 3 aromatic rings. The molecule has 0 fully saturated rings. The number of pyridine rings is 1. The van der Waals surface area contributed by atoms with Crippen LogP contribution in [0.4, 0.5) is 4.39 Å². The van der Waals surface area contributed by atoms with Crippen molar-refractivity contribution in [1.82, 2.24) is 9.58 Å². The maximum Gasteiger partial charge on any atom is 0.277 e. The van der Waals surface area contributed by atoms with Crippen molar-refractivity contribution >= 4 is 5.91 Å². The second-order valence-corrected chi connectivity index (χ2v) is 8.25. The highest BCUT2D eigenvalue weighted by Crippen LogP contribution is 2.38. The summed E-state index contributed by atoms with van der Waals surface area (Å²) in [5.41, 5.74) is 0.734. The van der Waals surface area contributed by atoms with Crippen molar-refractivity contribution in [1.29, 1.82) is 0 Å². The number of hydrogen-bond acceptors (Lipinski definition) is 5. The molecule has 5 rings (SSSR count). The van der Waals surface area contributed by atoms with Gasteiger partial charge in [-0.2, -0.15) is 0 Å². The molecule has 0 saturated carbocycles. The number of fused-ring (bicyclic) bond motifs is 5. The Morgan fingerprint density at radius 1 is 0.970 bits per heavy atom. The molecule has 1 N–H and O–H groups in total. The van der Waals surface area contributed by atoms with Gasteiger partial charge in [0, 0.05) is 24.4 Å². The van der Waals surface area contributed by atoms with Crippen LogP contribution in [0.5, 0.6) is 11.5 Å². The normalized spacial score (nSPS) is 18.5. The first-order chi connectivity index (χ1) is 16.1. The van der Waals surface area contributed by atoms with E-state index in [0.717, 1.165) is 24.8 Å². The van der Waals surface area contributed by atoms with Crippen LogP contribution in [0.2, 0.25) is 0 Å². The first-order valence-corrected chi connectivity index (χ1v) is 11.0. The number of aromatic hydroxyl groups is 1. The Bertz CT molecular complexity index is 1240. The van der Waals surface area contributed by atoms with Crippen LogP contribution in [-0.2, 0) is 0 Å². The third-order valence-electron chi connectivity index (χ3n) is 6.16. The summed E-state index contributed by atoms with van der Waals surface area (Å²) < 4.78 is 22.4. The largest absolute Gasteiger partial charge is 0.502 e. The lowest BCUT2D eigenvalue weighted by molar-refractivity contribution is 0.0674. The maximum absolute atomic E-state index is 15.0. The Labute approximate surface area is 190 Å². The Morgan fingerprint density at radius 3 is 2.61 bits per heavy atom. The second-order valence-electron chi connectivity index (χ2n) is 8.25. The lowest BCUT2D eigenvalue weighted by atomic mass is 9.96. The molecule has 2 aliphatic rings. The van der Waals surface area contributed by atoms with Gasteiger partial charge in [0.25, 0.3) is 5.91 Å². The molecule has 8 heteroatoms. The molecule has 0 radical (unpaired) electrons. The Balaban J connectivity index is 1.78. The second kappa shape index (κ2) is 8.61. The number of carbonyl (C=O) groups is 1. The number of halogens is 1. The fourth-order valence-corrected chi connectivity index (χ4v) is 4.56. The summed E-state index contributed by atoms with van der Waals surface area (Å²) in [5.74, 6) is -1.28. The topological polar surface area (TPSA) is 75.0 Å². The van der Waals surface area contributed by atoms with Crippen LogP contribution in [0, 0.1) is 5.82 Å². The average molecular weight is 449 g/mol. The zero-order chi connectivity index (χ0) is 22.9. The molecule has 0 saturated heterocycles. The maximum atomic E-state index is 15.0. The summed E-state index contributed by atoms with van der Waals surface area (Å²) in [6.07, 6.45) is 3.72. The van der Waals surface area contributed by atoms with Crippen LogP contribution >= 0.6 is 0 Å². The van der Waals surface area contributed by atoms with Crippen LogP contribution < -0.4 is 15.2 Å².